The molecule has 0 aromatic heterocycles. The van der Waals surface area contributed by atoms with E-state index in [9.17, 15) is 4.79 Å². The van der Waals surface area contributed by atoms with Crippen LogP contribution in [0.1, 0.15) is 26.3 Å². The largest absolute Gasteiger partial charge is 0.444 e. The molecule has 2 N–H and O–H groups in total. The van der Waals surface area contributed by atoms with Gasteiger partial charge in [0.2, 0.25) is 0 Å². The van der Waals surface area contributed by atoms with Crippen molar-refractivity contribution < 1.29 is 9.53 Å². The number of nitrogens with one attached hydrogen (secondary N) is 2. The zero-order valence-electron chi connectivity index (χ0n) is 15.8. The highest BCUT2D eigenvalue weighted by atomic mass is 127. The van der Waals surface area contributed by atoms with Gasteiger partial charge in [-0.05, 0) is 32.8 Å². The third-order valence-corrected chi connectivity index (χ3v) is 3.22. The Bertz CT molecular complexity index is 530. The summed E-state index contributed by atoms with van der Waals surface area (Å²) >= 11 is 0. The normalized spacial score (nSPS) is 11.3. The summed E-state index contributed by atoms with van der Waals surface area (Å²) < 4.78 is 5.31. The summed E-state index contributed by atoms with van der Waals surface area (Å²) in [6, 6.07) is 10.3. The molecule has 0 heterocycles. The van der Waals surface area contributed by atoms with E-state index in [2.05, 4.69) is 27.8 Å². The van der Waals surface area contributed by atoms with Crippen LogP contribution in [0.3, 0.4) is 0 Å². The number of carbonyl (C=O) groups excluding carboxylic acids is 1. The van der Waals surface area contributed by atoms with Crippen molar-refractivity contribution in [3.05, 3.63) is 35.9 Å². The fourth-order valence-corrected chi connectivity index (χ4v) is 1.96. The number of nitrogens with zero attached hydrogens (tertiary/aromatic N) is 2. The van der Waals surface area contributed by atoms with E-state index in [1.165, 1.54) is 5.56 Å². The Morgan fingerprint density at radius 2 is 1.76 bits per heavy atom. The van der Waals surface area contributed by atoms with Gasteiger partial charge in [0.05, 0.1) is 0 Å². The second-order valence-corrected chi connectivity index (χ2v) is 6.56. The number of hydrogen-bond acceptors (Lipinski definition) is 3. The first kappa shape index (κ1) is 23.5. The molecule has 1 aromatic carbocycles. The molecule has 0 saturated heterocycles. The maximum Gasteiger partial charge on any atom is 0.410 e. The van der Waals surface area contributed by atoms with Crippen molar-refractivity contribution in [1.29, 1.82) is 0 Å². The lowest BCUT2D eigenvalue weighted by atomic mass is 10.1. The van der Waals surface area contributed by atoms with E-state index in [4.69, 9.17) is 4.74 Å². The molecule has 7 heteroatoms. The standard InChI is InChI=1S/C18H30N4O2.HI/c1-18(2,3)24-17(23)22(5)14-13-21-16(19-4)20-12-11-15-9-7-6-8-10-15;/h6-10H,11-14H2,1-5H3,(H2,19,20,21);1H. The number of hydrogen-bond donors (Lipinski definition) is 2. The minimum Gasteiger partial charge on any atom is -0.444 e. The number of ether oxygens (including phenoxy) is 1. The molecule has 0 unspecified atom stereocenters. The number of likely N-dealkylation sites (N-methyl/N-ethyl adjacent to an activating group) is 1. The number of aliphatic imine (C=N–C) groups is 1. The van der Waals surface area contributed by atoms with Crippen molar-refractivity contribution in [3.8, 4) is 0 Å². The molecule has 0 bridgehead atoms. The van der Waals surface area contributed by atoms with Crippen molar-refractivity contribution >= 4 is 36.0 Å². The average Bonchev–Trinajstić information content (AvgIpc) is 2.52. The summed E-state index contributed by atoms with van der Waals surface area (Å²) in [6.07, 6.45) is 0.607. The van der Waals surface area contributed by atoms with E-state index in [1.54, 1.807) is 19.0 Å². The van der Waals surface area contributed by atoms with Gasteiger partial charge in [-0.3, -0.25) is 4.99 Å². The molecule has 0 aliphatic rings. The summed E-state index contributed by atoms with van der Waals surface area (Å²) in [5.74, 6) is 0.725. The van der Waals surface area contributed by atoms with Crippen LogP contribution < -0.4 is 10.6 Å². The quantitative estimate of drug-likeness (QED) is 0.388. The number of rotatable bonds is 6. The first-order valence-electron chi connectivity index (χ1n) is 8.24. The number of amides is 1. The van der Waals surface area contributed by atoms with Gasteiger partial charge >= 0.3 is 6.09 Å². The van der Waals surface area contributed by atoms with Crippen molar-refractivity contribution in [2.24, 2.45) is 4.99 Å². The van der Waals surface area contributed by atoms with Gasteiger partial charge in [-0.1, -0.05) is 30.3 Å². The van der Waals surface area contributed by atoms with Crippen LogP contribution in [0.5, 0.6) is 0 Å². The summed E-state index contributed by atoms with van der Waals surface area (Å²) in [4.78, 5) is 17.6. The molecule has 1 aromatic rings. The third-order valence-electron chi connectivity index (χ3n) is 3.22. The third kappa shape index (κ3) is 10.9. The molecule has 0 spiro atoms. The Morgan fingerprint density at radius 3 is 2.32 bits per heavy atom. The molecule has 1 rings (SSSR count). The average molecular weight is 462 g/mol. The minimum atomic E-state index is -0.478. The number of halogens is 1. The Balaban J connectivity index is 0.00000576. The van der Waals surface area contributed by atoms with Crippen molar-refractivity contribution in [1.82, 2.24) is 15.5 Å². The van der Waals surface area contributed by atoms with Crippen LogP contribution in [0.2, 0.25) is 0 Å². The van der Waals surface area contributed by atoms with Gasteiger partial charge in [-0.2, -0.15) is 0 Å². The molecule has 25 heavy (non-hydrogen) atoms. The van der Waals surface area contributed by atoms with Crippen molar-refractivity contribution in [3.63, 3.8) is 0 Å². The molecule has 1 amide bonds. The van der Waals surface area contributed by atoms with Crippen LogP contribution in [0.15, 0.2) is 35.3 Å². The monoisotopic (exact) mass is 462 g/mol. The van der Waals surface area contributed by atoms with E-state index in [1.807, 2.05) is 39.0 Å². The highest BCUT2D eigenvalue weighted by Gasteiger charge is 2.19. The van der Waals surface area contributed by atoms with Crippen LogP contribution in [-0.4, -0.2) is 56.3 Å². The van der Waals surface area contributed by atoms with Crippen LogP contribution in [0.25, 0.3) is 0 Å². The molecule has 0 atom stereocenters. The molecule has 142 valence electrons. The Kier molecular flexibility index (Phi) is 11.2. The molecule has 0 aliphatic heterocycles. The zero-order chi connectivity index (χ0) is 18.0. The molecular formula is C18H31IN4O2. The van der Waals surface area contributed by atoms with Crippen LogP contribution >= 0.6 is 24.0 Å². The smallest absolute Gasteiger partial charge is 0.410 e. The lowest BCUT2D eigenvalue weighted by Crippen LogP contribution is -2.43. The minimum absolute atomic E-state index is 0. The fraction of sp³-hybridized carbons (Fsp3) is 0.556. The second-order valence-electron chi connectivity index (χ2n) is 6.56. The lowest BCUT2D eigenvalue weighted by molar-refractivity contribution is 0.0302. The van der Waals surface area contributed by atoms with Gasteiger partial charge in [0.25, 0.3) is 0 Å². The zero-order valence-corrected chi connectivity index (χ0v) is 18.2. The Hall–Kier alpha value is -1.51. The van der Waals surface area contributed by atoms with Gasteiger partial charge in [-0.25, -0.2) is 4.79 Å². The van der Waals surface area contributed by atoms with E-state index in [0.717, 1.165) is 18.9 Å². The summed E-state index contributed by atoms with van der Waals surface area (Å²) in [6.45, 7) is 7.50. The molecule has 0 fully saturated rings. The highest BCUT2D eigenvalue weighted by Crippen LogP contribution is 2.08. The fourth-order valence-electron chi connectivity index (χ4n) is 1.96. The van der Waals surface area contributed by atoms with Crippen LogP contribution in [0, 0.1) is 0 Å². The van der Waals surface area contributed by atoms with E-state index in [0.29, 0.717) is 13.1 Å². The van der Waals surface area contributed by atoms with Crippen LogP contribution in [-0.2, 0) is 11.2 Å². The summed E-state index contributed by atoms with van der Waals surface area (Å²) in [5.41, 5.74) is 0.804. The van der Waals surface area contributed by atoms with Crippen molar-refractivity contribution in [2.45, 2.75) is 32.8 Å². The van der Waals surface area contributed by atoms with Crippen LogP contribution in [0.4, 0.5) is 4.79 Å². The molecule has 0 saturated carbocycles. The first-order chi connectivity index (χ1) is 11.3. The van der Waals surface area contributed by atoms with Gasteiger partial charge in [0.15, 0.2) is 5.96 Å². The maximum atomic E-state index is 11.9. The number of guanidine groups is 1. The molecular weight excluding hydrogens is 431 g/mol. The predicted molar refractivity (Wildman–Crippen MR) is 114 cm³/mol. The van der Waals surface area contributed by atoms with Crippen molar-refractivity contribution in [2.75, 3.05) is 33.7 Å². The second kappa shape index (κ2) is 11.9. The lowest BCUT2D eigenvalue weighted by Gasteiger charge is -2.24. The van der Waals surface area contributed by atoms with E-state index in [-0.39, 0.29) is 30.1 Å². The van der Waals surface area contributed by atoms with E-state index < -0.39 is 5.60 Å². The molecule has 0 radical (unpaired) electrons. The Labute approximate surface area is 168 Å². The summed E-state index contributed by atoms with van der Waals surface area (Å²) in [5, 5.41) is 6.46. The topological polar surface area (TPSA) is 66.0 Å². The summed E-state index contributed by atoms with van der Waals surface area (Å²) in [7, 11) is 3.46. The SMILES string of the molecule is CN=C(NCCc1ccccc1)NCCN(C)C(=O)OC(C)(C)C.I. The number of carbonyl (C=O) groups is 1. The Morgan fingerprint density at radius 1 is 1.16 bits per heavy atom. The predicted octanol–water partition coefficient (Wildman–Crippen LogP) is 2.88. The van der Waals surface area contributed by atoms with Gasteiger partial charge < -0.3 is 20.3 Å². The van der Waals surface area contributed by atoms with Gasteiger partial charge in [-0.15, -0.1) is 24.0 Å². The van der Waals surface area contributed by atoms with Gasteiger partial charge in [0, 0.05) is 33.7 Å². The first-order valence-corrected chi connectivity index (χ1v) is 8.24. The van der Waals surface area contributed by atoms with E-state index >= 15 is 0 Å². The highest BCUT2D eigenvalue weighted by molar-refractivity contribution is 14.0. The molecule has 0 aliphatic carbocycles. The molecule has 6 nitrogen and oxygen atoms in total. The maximum absolute atomic E-state index is 11.9. The number of benzene rings is 1. The van der Waals surface area contributed by atoms with Gasteiger partial charge in [0.1, 0.15) is 5.60 Å².